The van der Waals surface area contributed by atoms with Gasteiger partial charge < -0.3 is 0 Å². The first-order chi connectivity index (χ1) is 10.5. The summed E-state index contributed by atoms with van der Waals surface area (Å²) in [5, 5.41) is 4.36. The van der Waals surface area contributed by atoms with E-state index >= 15 is 0 Å². The van der Waals surface area contributed by atoms with Crippen molar-refractivity contribution in [1.29, 1.82) is 0 Å². The van der Waals surface area contributed by atoms with E-state index in [0.29, 0.717) is 11.0 Å². The van der Waals surface area contributed by atoms with Gasteiger partial charge in [0.25, 0.3) is 10.0 Å². The maximum absolute atomic E-state index is 12.3. The van der Waals surface area contributed by atoms with Crippen molar-refractivity contribution in [1.82, 2.24) is 14.8 Å². The van der Waals surface area contributed by atoms with Gasteiger partial charge in [0, 0.05) is 18.1 Å². The number of rotatable bonds is 5. The molecule has 0 unspecified atom stereocenters. The third-order valence-electron chi connectivity index (χ3n) is 3.95. The lowest BCUT2D eigenvalue weighted by Crippen LogP contribution is -2.13. The first kappa shape index (κ1) is 15.5. The van der Waals surface area contributed by atoms with Crippen LogP contribution in [0.25, 0.3) is 0 Å². The summed E-state index contributed by atoms with van der Waals surface area (Å²) in [5.74, 6) is 0.709. The Morgan fingerprint density at radius 3 is 3.00 bits per heavy atom. The van der Waals surface area contributed by atoms with Crippen molar-refractivity contribution in [2.75, 3.05) is 4.72 Å². The second kappa shape index (κ2) is 6.00. The molecule has 2 aromatic rings. The molecular weight excluding hydrogens is 320 g/mol. The molecule has 2 aromatic heterocycles. The smallest absolute Gasteiger partial charge is 0.266 e. The van der Waals surface area contributed by atoms with E-state index in [0.717, 1.165) is 25.0 Å². The monoisotopic (exact) mass is 340 g/mol. The second-order valence-electron chi connectivity index (χ2n) is 5.74. The molecule has 2 heterocycles. The number of nitrogens with one attached hydrogen (secondary N) is 1. The summed E-state index contributed by atoms with van der Waals surface area (Å²) in [7, 11) is -1.91. The van der Waals surface area contributed by atoms with E-state index in [-0.39, 0.29) is 4.90 Å². The number of anilines is 1. The van der Waals surface area contributed by atoms with Gasteiger partial charge in [-0.25, -0.2) is 13.4 Å². The highest BCUT2D eigenvalue weighted by atomic mass is 32.2. The van der Waals surface area contributed by atoms with Gasteiger partial charge in [-0.05, 0) is 25.2 Å². The normalized spacial score (nSPS) is 18.2. The molecule has 22 heavy (non-hydrogen) atoms. The van der Waals surface area contributed by atoms with E-state index in [1.54, 1.807) is 7.05 Å². The third kappa shape index (κ3) is 3.17. The van der Waals surface area contributed by atoms with E-state index in [4.69, 9.17) is 0 Å². The summed E-state index contributed by atoms with van der Waals surface area (Å²) in [4.78, 5) is 5.85. The second-order valence-corrected chi connectivity index (χ2v) is 8.51. The average Bonchev–Trinajstić information content (AvgIpc) is 3.04. The summed E-state index contributed by atoms with van der Waals surface area (Å²) in [6.07, 6.45) is 8.37. The molecule has 120 valence electrons. The molecule has 0 radical (unpaired) electrons. The fraction of sp³-hybridized carbons (Fsp3) is 0.571. The van der Waals surface area contributed by atoms with Gasteiger partial charge in [0.15, 0.2) is 5.13 Å². The Bertz CT molecular complexity index is 764. The van der Waals surface area contributed by atoms with Gasteiger partial charge in [0.05, 0.1) is 11.9 Å². The molecule has 1 aliphatic carbocycles. The molecule has 0 fully saturated rings. The molecule has 0 amide bonds. The zero-order valence-electron chi connectivity index (χ0n) is 12.7. The lowest BCUT2D eigenvalue weighted by molar-refractivity contribution is 0.424. The zero-order chi connectivity index (χ0) is 15.7. The van der Waals surface area contributed by atoms with Crippen molar-refractivity contribution < 1.29 is 8.42 Å². The van der Waals surface area contributed by atoms with Crippen LogP contribution in [0.4, 0.5) is 5.13 Å². The molecule has 0 aromatic carbocycles. The van der Waals surface area contributed by atoms with Crippen LogP contribution in [0.2, 0.25) is 0 Å². The maximum Gasteiger partial charge on any atom is 0.266 e. The number of hydrogen-bond donors (Lipinski definition) is 1. The molecule has 1 aliphatic rings. The molecule has 3 rings (SSSR count). The molecule has 6 nitrogen and oxygen atoms in total. The number of nitrogens with zero attached hydrogens (tertiary/aromatic N) is 3. The number of hydrogen-bond acceptors (Lipinski definition) is 5. The van der Waals surface area contributed by atoms with E-state index in [9.17, 15) is 8.42 Å². The van der Waals surface area contributed by atoms with Crippen molar-refractivity contribution in [3.05, 3.63) is 23.0 Å². The van der Waals surface area contributed by atoms with Gasteiger partial charge in [-0.1, -0.05) is 19.8 Å². The summed E-state index contributed by atoms with van der Waals surface area (Å²) in [5.41, 5.74) is 1.06. The Labute approximate surface area is 134 Å². The Hall–Kier alpha value is -1.41. The van der Waals surface area contributed by atoms with E-state index in [1.165, 1.54) is 46.1 Å². The molecule has 0 saturated heterocycles. The molecule has 8 heteroatoms. The Morgan fingerprint density at radius 2 is 2.32 bits per heavy atom. The van der Waals surface area contributed by atoms with Crippen molar-refractivity contribution >= 4 is 26.5 Å². The molecule has 1 atom stereocenters. The zero-order valence-corrected chi connectivity index (χ0v) is 14.4. The van der Waals surface area contributed by atoms with Crippen LogP contribution in [-0.2, 0) is 29.9 Å². The van der Waals surface area contributed by atoms with Crippen molar-refractivity contribution in [3.63, 3.8) is 0 Å². The van der Waals surface area contributed by atoms with E-state index in [1.807, 2.05) is 0 Å². The fourth-order valence-corrected chi connectivity index (χ4v) is 5.19. The average molecular weight is 340 g/mol. The molecular formula is C14H20N4O2S2. The van der Waals surface area contributed by atoms with Crippen molar-refractivity contribution in [3.8, 4) is 0 Å². The lowest BCUT2D eigenvalue weighted by atomic mass is 9.88. The van der Waals surface area contributed by atoms with Crippen LogP contribution >= 0.6 is 11.3 Å². The Morgan fingerprint density at radius 1 is 1.50 bits per heavy atom. The fourth-order valence-electron chi connectivity index (χ4n) is 2.85. The van der Waals surface area contributed by atoms with Gasteiger partial charge in [0.1, 0.15) is 4.90 Å². The van der Waals surface area contributed by atoms with Crippen molar-refractivity contribution in [2.24, 2.45) is 13.0 Å². The minimum absolute atomic E-state index is 0.159. The van der Waals surface area contributed by atoms with Gasteiger partial charge in [0.2, 0.25) is 0 Å². The Kier molecular flexibility index (Phi) is 4.22. The largest absolute Gasteiger partial charge is 0.274 e. The highest BCUT2D eigenvalue weighted by Gasteiger charge is 2.24. The first-order valence-corrected chi connectivity index (χ1v) is 9.78. The van der Waals surface area contributed by atoms with Crippen molar-refractivity contribution in [2.45, 2.75) is 43.9 Å². The Balaban J connectivity index is 1.77. The topological polar surface area (TPSA) is 76.9 Å². The number of aromatic nitrogens is 3. The van der Waals surface area contributed by atoms with E-state index < -0.39 is 10.0 Å². The van der Waals surface area contributed by atoms with Gasteiger partial charge >= 0.3 is 0 Å². The highest BCUT2D eigenvalue weighted by Crippen LogP contribution is 2.34. The number of fused-ring (bicyclic) bond motifs is 1. The molecule has 0 saturated carbocycles. The summed E-state index contributed by atoms with van der Waals surface area (Å²) >= 11 is 1.46. The molecule has 0 spiro atoms. The highest BCUT2D eigenvalue weighted by molar-refractivity contribution is 7.93. The van der Waals surface area contributed by atoms with Crippen LogP contribution in [-0.4, -0.2) is 23.2 Å². The summed E-state index contributed by atoms with van der Waals surface area (Å²) < 4.78 is 28.6. The quantitative estimate of drug-likeness (QED) is 0.907. The van der Waals surface area contributed by atoms with Gasteiger partial charge in [-0.3, -0.25) is 9.40 Å². The van der Waals surface area contributed by atoms with Crippen LogP contribution in [0.3, 0.4) is 0 Å². The summed E-state index contributed by atoms with van der Waals surface area (Å²) in [6.45, 7) is 2.20. The lowest BCUT2D eigenvalue weighted by Gasteiger charge is -2.19. The predicted octanol–water partition coefficient (Wildman–Crippen LogP) is 2.58. The van der Waals surface area contributed by atoms with Crippen LogP contribution < -0.4 is 4.72 Å². The maximum atomic E-state index is 12.3. The van der Waals surface area contributed by atoms with Gasteiger partial charge in [-0.15, -0.1) is 11.3 Å². The summed E-state index contributed by atoms with van der Waals surface area (Å²) in [6, 6.07) is 0. The first-order valence-electron chi connectivity index (χ1n) is 7.48. The van der Waals surface area contributed by atoms with Crippen LogP contribution in [0, 0.1) is 5.92 Å². The number of aryl methyl sites for hydroxylation is 2. The molecule has 0 aliphatic heterocycles. The standard InChI is InChI=1S/C14H20N4O2S2/c1-3-4-10-5-6-12-13(7-10)21-14(16-12)17-22(19,20)11-8-15-18(2)9-11/h8-10H,3-7H2,1-2H3,(H,16,17)/t10-/m0/s1. The number of sulfonamides is 1. The van der Waals surface area contributed by atoms with Crippen LogP contribution in [0.15, 0.2) is 17.3 Å². The third-order valence-corrected chi connectivity index (χ3v) is 6.41. The minimum atomic E-state index is -3.60. The molecule has 1 N–H and O–H groups in total. The molecule has 0 bridgehead atoms. The van der Waals surface area contributed by atoms with E-state index in [2.05, 4.69) is 21.7 Å². The SMILES string of the molecule is CCC[C@H]1CCc2nc(NS(=O)(=O)c3cnn(C)c3)sc2C1. The van der Waals surface area contributed by atoms with Gasteiger partial charge in [-0.2, -0.15) is 5.10 Å². The minimum Gasteiger partial charge on any atom is -0.274 e. The predicted molar refractivity (Wildman–Crippen MR) is 86.6 cm³/mol. The van der Waals surface area contributed by atoms with Crippen LogP contribution in [0.1, 0.15) is 36.8 Å². The van der Waals surface area contributed by atoms with Crippen LogP contribution in [0.5, 0.6) is 0 Å². The number of thiazole rings is 1.